The van der Waals surface area contributed by atoms with Crippen molar-refractivity contribution in [3.05, 3.63) is 47.5 Å². The highest BCUT2D eigenvalue weighted by Crippen LogP contribution is 2.34. The molecule has 20 heavy (non-hydrogen) atoms. The fraction of sp³-hybridized carbons (Fsp3) is 0.235. The molecule has 2 aromatic carbocycles. The van der Waals surface area contributed by atoms with Crippen molar-refractivity contribution in [3.8, 4) is 22.6 Å². The first-order valence-corrected chi connectivity index (χ1v) is 6.40. The Bertz CT molecular complexity index is 645. The van der Waals surface area contributed by atoms with Gasteiger partial charge in [0.2, 0.25) is 0 Å². The van der Waals surface area contributed by atoms with E-state index in [1.54, 1.807) is 21.1 Å². The molecule has 3 heteroatoms. The summed E-state index contributed by atoms with van der Waals surface area (Å²) in [5.74, 6) is 1.57. The largest absolute Gasteiger partial charge is 0.497 e. The van der Waals surface area contributed by atoms with E-state index in [4.69, 9.17) is 9.47 Å². The number of methoxy groups -OCH3 is 2. The summed E-state index contributed by atoms with van der Waals surface area (Å²) in [7, 11) is 3.26. The highest BCUT2D eigenvalue weighted by Gasteiger charge is 2.11. The van der Waals surface area contributed by atoms with Gasteiger partial charge in [-0.3, -0.25) is 4.79 Å². The molecule has 0 aromatic heterocycles. The third-order valence-electron chi connectivity index (χ3n) is 3.33. The molecule has 0 aliphatic rings. The lowest BCUT2D eigenvalue weighted by atomic mass is 9.97. The number of Topliss-reactive ketones (excluding diaryl/α,β-unsaturated/α-hetero) is 1. The van der Waals surface area contributed by atoms with Crippen LogP contribution in [0.15, 0.2) is 36.4 Å². The number of hydrogen-bond donors (Lipinski definition) is 0. The summed E-state index contributed by atoms with van der Waals surface area (Å²) in [4.78, 5) is 11.7. The molecular formula is C17H18O3. The number of ether oxygens (including phenoxy) is 2. The van der Waals surface area contributed by atoms with E-state index in [1.165, 1.54) is 0 Å². The van der Waals surface area contributed by atoms with Crippen LogP contribution in [0.1, 0.15) is 22.8 Å². The number of aryl methyl sites for hydroxylation is 1. The Morgan fingerprint density at radius 3 is 2.35 bits per heavy atom. The third kappa shape index (κ3) is 2.67. The molecule has 0 saturated carbocycles. The van der Waals surface area contributed by atoms with Crippen LogP contribution >= 0.6 is 0 Å². The molecule has 0 fully saturated rings. The first-order valence-electron chi connectivity index (χ1n) is 6.40. The molecule has 3 nitrogen and oxygen atoms in total. The van der Waals surface area contributed by atoms with Crippen molar-refractivity contribution in [1.29, 1.82) is 0 Å². The Labute approximate surface area is 119 Å². The van der Waals surface area contributed by atoms with Crippen LogP contribution in [0.4, 0.5) is 0 Å². The molecule has 0 spiro atoms. The number of carbonyl (C=O) groups excluding carboxylic acids is 1. The van der Waals surface area contributed by atoms with Gasteiger partial charge in [0, 0.05) is 11.1 Å². The van der Waals surface area contributed by atoms with Gasteiger partial charge >= 0.3 is 0 Å². The molecule has 0 heterocycles. The van der Waals surface area contributed by atoms with Gasteiger partial charge in [0.25, 0.3) is 0 Å². The van der Waals surface area contributed by atoms with Crippen molar-refractivity contribution in [3.63, 3.8) is 0 Å². The smallest absolute Gasteiger partial charge is 0.160 e. The van der Waals surface area contributed by atoms with Crippen molar-refractivity contribution in [1.82, 2.24) is 0 Å². The monoisotopic (exact) mass is 270 g/mol. The summed E-state index contributed by atoms with van der Waals surface area (Å²) in [6, 6.07) is 11.5. The van der Waals surface area contributed by atoms with Crippen LogP contribution in [0.2, 0.25) is 0 Å². The van der Waals surface area contributed by atoms with Gasteiger partial charge in [-0.05, 0) is 49.2 Å². The average molecular weight is 270 g/mol. The van der Waals surface area contributed by atoms with Crippen LogP contribution in [-0.4, -0.2) is 20.0 Å². The van der Waals surface area contributed by atoms with Gasteiger partial charge in [-0.15, -0.1) is 0 Å². The molecule has 0 amide bonds. The van der Waals surface area contributed by atoms with Crippen LogP contribution in [0.25, 0.3) is 11.1 Å². The van der Waals surface area contributed by atoms with Crippen LogP contribution < -0.4 is 9.47 Å². The summed E-state index contributed by atoms with van der Waals surface area (Å²) in [5, 5.41) is 0. The molecule has 0 saturated heterocycles. The Kier molecular flexibility index (Phi) is 4.08. The molecule has 0 bridgehead atoms. The predicted molar refractivity (Wildman–Crippen MR) is 79.7 cm³/mol. The minimum absolute atomic E-state index is 0.0613. The first kappa shape index (κ1) is 14.1. The third-order valence-corrected chi connectivity index (χ3v) is 3.33. The Balaban J connectivity index is 2.61. The number of ketones is 1. The maximum absolute atomic E-state index is 11.7. The summed E-state index contributed by atoms with van der Waals surface area (Å²) >= 11 is 0. The molecule has 2 rings (SSSR count). The minimum Gasteiger partial charge on any atom is -0.497 e. The Hall–Kier alpha value is -2.29. The topological polar surface area (TPSA) is 35.5 Å². The van der Waals surface area contributed by atoms with E-state index in [-0.39, 0.29) is 5.78 Å². The second-order valence-corrected chi connectivity index (χ2v) is 4.65. The number of rotatable bonds is 4. The zero-order valence-electron chi connectivity index (χ0n) is 12.2. The van der Waals surface area contributed by atoms with Gasteiger partial charge in [-0.2, -0.15) is 0 Å². The summed E-state index contributed by atoms with van der Waals surface area (Å²) in [6.07, 6.45) is 0. The highest BCUT2D eigenvalue weighted by molar-refractivity contribution is 5.97. The summed E-state index contributed by atoms with van der Waals surface area (Å²) < 4.78 is 10.6. The zero-order valence-corrected chi connectivity index (χ0v) is 12.2. The maximum Gasteiger partial charge on any atom is 0.160 e. The van der Waals surface area contributed by atoms with Gasteiger partial charge in [0.05, 0.1) is 14.2 Å². The SMILES string of the molecule is COc1ccc(OC)c(-c2ccc(C)c(C(C)=O)c2)c1. The molecule has 0 aliphatic carbocycles. The van der Waals surface area contributed by atoms with Gasteiger partial charge in [0.15, 0.2) is 5.78 Å². The second-order valence-electron chi connectivity index (χ2n) is 4.65. The molecule has 104 valence electrons. The lowest BCUT2D eigenvalue weighted by molar-refractivity contribution is 0.101. The van der Waals surface area contributed by atoms with Crippen LogP contribution in [0.5, 0.6) is 11.5 Å². The van der Waals surface area contributed by atoms with Gasteiger partial charge in [-0.25, -0.2) is 0 Å². The standard InChI is InChI=1S/C17H18O3/c1-11-5-6-13(9-15(11)12(2)18)16-10-14(19-3)7-8-17(16)20-4/h5-10H,1-4H3. The number of carbonyl (C=O) groups is 1. The lowest BCUT2D eigenvalue weighted by Gasteiger charge is -2.12. The predicted octanol–water partition coefficient (Wildman–Crippen LogP) is 3.88. The van der Waals surface area contributed by atoms with Crippen molar-refractivity contribution < 1.29 is 14.3 Å². The fourth-order valence-electron chi connectivity index (χ4n) is 2.21. The number of hydrogen-bond acceptors (Lipinski definition) is 3. The Morgan fingerprint density at radius 1 is 1.00 bits per heavy atom. The molecule has 2 aromatic rings. The fourth-order valence-corrected chi connectivity index (χ4v) is 2.21. The molecule has 0 unspecified atom stereocenters. The molecule has 0 N–H and O–H groups in total. The van der Waals surface area contributed by atoms with Gasteiger partial charge in [-0.1, -0.05) is 12.1 Å². The Morgan fingerprint density at radius 2 is 1.75 bits per heavy atom. The second kappa shape index (κ2) is 5.78. The molecule has 0 radical (unpaired) electrons. The van der Waals surface area contributed by atoms with Crippen molar-refractivity contribution in [2.45, 2.75) is 13.8 Å². The maximum atomic E-state index is 11.7. The lowest BCUT2D eigenvalue weighted by Crippen LogP contribution is -1.97. The van der Waals surface area contributed by atoms with Crippen LogP contribution in [-0.2, 0) is 0 Å². The van der Waals surface area contributed by atoms with Crippen LogP contribution in [0, 0.1) is 6.92 Å². The van der Waals surface area contributed by atoms with Gasteiger partial charge < -0.3 is 9.47 Å². The van der Waals surface area contributed by atoms with E-state index in [1.807, 2.05) is 43.3 Å². The molecular weight excluding hydrogens is 252 g/mol. The zero-order chi connectivity index (χ0) is 14.7. The first-order chi connectivity index (χ1) is 9.56. The van der Waals surface area contributed by atoms with E-state index in [2.05, 4.69) is 0 Å². The molecule has 0 atom stereocenters. The quantitative estimate of drug-likeness (QED) is 0.791. The van der Waals surface area contributed by atoms with Crippen LogP contribution in [0.3, 0.4) is 0 Å². The highest BCUT2D eigenvalue weighted by atomic mass is 16.5. The van der Waals surface area contributed by atoms with E-state index in [9.17, 15) is 4.79 Å². The van der Waals surface area contributed by atoms with Crippen molar-refractivity contribution >= 4 is 5.78 Å². The van der Waals surface area contributed by atoms with Crippen molar-refractivity contribution in [2.75, 3.05) is 14.2 Å². The average Bonchev–Trinajstić information content (AvgIpc) is 2.46. The van der Waals surface area contributed by atoms with Crippen molar-refractivity contribution in [2.24, 2.45) is 0 Å². The summed E-state index contributed by atoms with van der Waals surface area (Å²) in [6.45, 7) is 3.51. The minimum atomic E-state index is 0.0613. The van der Waals surface area contributed by atoms with E-state index >= 15 is 0 Å². The van der Waals surface area contributed by atoms with E-state index in [0.29, 0.717) is 0 Å². The normalized spacial score (nSPS) is 10.2. The van der Waals surface area contributed by atoms with E-state index in [0.717, 1.165) is 33.8 Å². The summed E-state index contributed by atoms with van der Waals surface area (Å²) in [5.41, 5.74) is 3.56. The van der Waals surface area contributed by atoms with Gasteiger partial charge in [0.1, 0.15) is 11.5 Å². The number of benzene rings is 2. The molecule has 0 aliphatic heterocycles. The van der Waals surface area contributed by atoms with E-state index < -0.39 is 0 Å².